The number of carbonyl (C=O) groups excluding carboxylic acids is 2. The van der Waals surface area contributed by atoms with Crippen molar-refractivity contribution in [3.05, 3.63) is 65.2 Å². The summed E-state index contributed by atoms with van der Waals surface area (Å²) in [6.45, 7) is 9.17. The molecule has 0 heterocycles. The smallest absolute Gasteiger partial charge is 0.242 e. The monoisotopic (exact) mass is 438 g/mol. The van der Waals surface area contributed by atoms with Gasteiger partial charge in [0.15, 0.2) is 0 Å². The van der Waals surface area contributed by atoms with Crippen molar-refractivity contribution in [2.75, 3.05) is 13.7 Å². The second-order valence-electron chi connectivity index (χ2n) is 8.61. The summed E-state index contributed by atoms with van der Waals surface area (Å²) < 4.78 is 5.34. The maximum absolute atomic E-state index is 13.4. The zero-order valence-electron chi connectivity index (χ0n) is 20.2. The second-order valence-corrected chi connectivity index (χ2v) is 8.61. The van der Waals surface area contributed by atoms with Crippen LogP contribution in [0.3, 0.4) is 0 Å². The van der Waals surface area contributed by atoms with Gasteiger partial charge in [0.1, 0.15) is 11.8 Å². The van der Waals surface area contributed by atoms with E-state index in [2.05, 4.69) is 50.4 Å². The van der Waals surface area contributed by atoms with Gasteiger partial charge in [0, 0.05) is 19.5 Å². The number of amides is 2. The third-order valence-corrected chi connectivity index (χ3v) is 5.62. The van der Waals surface area contributed by atoms with E-state index in [1.54, 1.807) is 12.0 Å². The summed E-state index contributed by atoms with van der Waals surface area (Å²) >= 11 is 0. The summed E-state index contributed by atoms with van der Waals surface area (Å²) in [6.07, 6.45) is 2.58. The van der Waals surface area contributed by atoms with E-state index in [0.717, 1.165) is 23.3 Å². The second kappa shape index (κ2) is 12.9. The molecular weight excluding hydrogens is 400 g/mol. The van der Waals surface area contributed by atoms with Crippen molar-refractivity contribution in [2.24, 2.45) is 5.92 Å². The molecule has 1 unspecified atom stereocenters. The number of rotatable bonds is 12. The van der Waals surface area contributed by atoms with Crippen molar-refractivity contribution in [3.8, 4) is 5.75 Å². The van der Waals surface area contributed by atoms with Crippen LogP contribution in [0.15, 0.2) is 48.5 Å². The number of carbonyl (C=O) groups is 2. The molecule has 1 atom stereocenters. The maximum Gasteiger partial charge on any atom is 0.242 e. The molecule has 1 N–H and O–H groups in total. The first-order chi connectivity index (χ1) is 15.4. The first kappa shape index (κ1) is 25.4. The Bertz CT molecular complexity index is 861. The van der Waals surface area contributed by atoms with Gasteiger partial charge < -0.3 is 15.0 Å². The Balaban J connectivity index is 2.19. The minimum Gasteiger partial charge on any atom is -0.497 e. The van der Waals surface area contributed by atoms with Gasteiger partial charge in [0.2, 0.25) is 11.8 Å². The van der Waals surface area contributed by atoms with Crippen LogP contribution in [0.25, 0.3) is 0 Å². The fourth-order valence-corrected chi connectivity index (χ4v) is 3.65. The number of methoxy groups -OCH3 is 1. The molecule has 2 amide bonds. The van der Waals surface area contributed by atoms with Gasteiger partial charge in [0.25, 0.3) is 0 Å². The highest BCUT2D eigenvalue weighted by atomic mass is 16.5. The van der Waals surface area contributed by atoms with Crippen LogP contribution in [0.5, 0.6) is 5.75 Å². The molecule has 2 aromatic rings. The third kappa shape index (κ3) is 7.70. The van der Waals surface area contributed by atoms with E-state index in [4.69, 9.17) is 4.74 Å². The SMILES string of the molecule is CCc1ccc(CCC(=O)N(Cc2cccc(OC)c2)C(CC)C(=O)NCC(C)C)cc1. The molecule has 0 radical (unpaired) electrons. The van der Waals surface area contributed by atoms with Crippen molar-refractivity contribution >= 4 is 11.8 Å². The van der Waals surface area contributed by atoms with Crippen LogP contribution in [0.2, 0.25) is 0 Å². The predicted molar refractivity (Wildman–Crippen MR) is 130 cm³/mol. The van der Waals surface area contributed by atoms with Crippen molar-refractivity contribution < 1.29 is 14.3 Å². The minimum absolute atomic E-state index is 0.0149. The number of ether oxygens (including phenoxy) is 1. The Morgan fingerprint density at radius 2 is 1.69 bits per heavy atom. The molecule has 0 saturated carbocycles. The van der Waals surface area contributed by atoms with Crippen LogP contribution < -0.4 is 10.1 Å². The average Bonchev–Trinajstić information content (AvgIpc) is 2.81. The van der Waals surface area contributed by atoms with Crippen molar-refractivity contribution in [1.82, 2.24) is 10.2 Å². The van der Waals surface area contributed by atoms with Gasteiger partial charge in [-0.25, -0.2) is 0 Å². The molecule has 2 aromatic carbocycles. The molecule has 2 rings (SSSR count). The number of hydrogen-bond acceptors (Lipinski definition) is 3. The van der Waals surface area contributed by atoms with Gasteiger partial charge in [-0.3, -0.25) is 9.59 Å². The lowest BCUT2D eigenvalue weighted by molar-refractivity contribution is -0.141. The van der Waals surface area contributed by atoms with Crippen LogP contribution >= 0.6 is 0 Å². The Labute approximate surface area is 193 Å². The normalized spacial score (nSPS) is 11.8. The molecule has 32 heavy (non-hydrogen) atoms. The number of aryl methyl sites for hydroxylation is 2. The fraction of sp³-hybridized carbons (Fsp3) is 0.481. The quantitative estimate of drug-likeness (QED) is 0.519. The van der Waals surface area contributed by atoms with Crippen LogP contribution in [-0.4, -0.2) is 36.4 Å². The zero-order valence-corrected chi connectivity index (χ0v) is 20.2. The largest absolute Gasteiger partial charge is 0.497 e. The highest BCUT2D eigenvalue weighted by Crippen LogP contribution is 2.19. The zero-order chi connectivity index (χ0) is 23.5. The van der Waals surface area contributed by atoms with E-state index >= 15 is 0 Å². The Hall–Kier alpha value is -2.82. The lowest BCUT2D eigenvalue weighted by atomic mass is 10.0. The van der Waals surface area contributed by atoms with Gasteiger partial charge >= 0.3 is 0 Å². The minimum atomic E-state index is -0.505. The Morgan fingerprint density at radius 1 is 1.00 bits per heavy atom. The summed E-state index contributed by atoms with van der Waals surface area (Å²) in [6, 6.07) is 15.6. The highest BCUT2D eigenvalue weighted by molar-refractivity contribution is 5.87. The van der Waals surface area contributed by atoms with E-state index in [1.165, 1.54) is 5.56 Å². The molecular formula is C27H38N2O3. The first-order valence-corrected chi connectivity index (χ1v) is 11.7. The summed E-state index contributed by atoms with van der Waals surface area (Å²) in [5.41, 5.74) is 3.36. The van der Waals surface area contributed by atoms with Crippen molar-refractivity contribution in [2.45, 2.75) is 66.0 Å². The average molecular weight is 439 g/mol. The molecule has 0 aliphatic rings. The van der Waals surface area contributed by atoms with E-state index in [0.29, 0.717) is 38.3 Å². The molecule has 0 bridgehead atoms. The molecule has 174 valence electrons. The predicted octanol–water partition coefficient (Wildman–Crippen LogP) is 4.77. The summed E-state index contributed by atoms with van der Waals surface area (Å²) in [5.74, 6) is 0.983. The number of hydrogen-bond donors (Lipinski definition) is 1. The van der Waals surface area contributed by atoms with Crippen LogP contribution in [0.4, 0.5) is 0 Å². The van der Waals surface area contributed by atoms with Gasteiger partial charge in [0.05, 0.1) is 7.11 Å². The van der Waals surface area contributed by atoms with Gasteiger partial charge in [-0.15, -0.1) is 0 Å². The standard InChI is InChI=1S/C27H38N2O3/c1-6-21-11-13-22(14-12-21)15-16-26(30)29(19-23-9-8-10-24(17-23)32-5)25(7-2)27(31)28-18-20(3)4/h8-14,17,20,25H,6-7,15-16,18-19H2,1-5H3,(H,28,31). The molecule has 0 aliphatic carbocycles. The molecule has 0 spiro atoms. The maximum atomic E-state index is 13.4. The molecule has 0 aliphatic heterocycles. The third-order valence-electron chi connectivity index (χ3n) is 5.62. The van der Waals surface area contributed by atoms with Gasteiger partial charge in [-0.2, -0.15) is 0 Å². The lowest BCUT2D eigenvalue weighted by Crippen LogP contribution is -2.49. The Kier molecular flexibility index (Phi) is 10.3. The summed E-state index contributed by atoms with van der Waals surface area (Å²) in [4.78, 5) is 28.0. The fourth-order valence-electron chi connectivity index (χ4n) is 3.65. The van der Waals surface area contributed by atoms with Crippen molar-refractivity contribution in [3.63, 3.8) is 0 Å². The highest BCUT2D eigenvalue weighted by Gasteiger charge is 2.28. The summed E-state index contributed by atoms with van der Waals surface area (Å²) in [7, 11) is 1.63. The van der Waals surface area contributed by atoms with Crippen molar-refractivity contribution in [1.29, 1.82) is 0 Å². The molecule has 0 aromatic heterocycles. The summed E-state index contributed by atoms with van der Waals surface area (Å²) in [5, 5.41) is 3.01. The van der Waals surface area contributed by atoms with Crippen LogP contribution in [-0.2, 0) is 29.0 Å². The Morgan fingerprint density at radius 3 is 2.28 bits per heavy atom. The molecule has 0 fully saturated rings. The van der Waals surface area contributed by atoms with Gasteiger partial charge in [-0.1, -0.05) is 64.1 Å². The molecule has 5 heteroatoms. The van der Waals surface area contributed by atoms with Gasteiger partial charge in [-0.05, 0) is 54.0 Å². The first-order valence-electron chi connectivity index (χ1n) is 11.7. The van der Waals surface area contributed by atoms with E-state index in [1.807, 2.05) is 31.2 Å². The lowest BCUT2D eigenvalue weighted by Gasteiger charge is -2.31. The molecule has 5 nitrogen and oxygen atoms in total. The van der Waals surface area contributed by atoms with E-state index in [-0.39, 0.29) is 11.8 Å². The number of benzene rings is 2. The number of nitrogens with zero attached hydrogens (tertiary/aromatic N) is 1. The van der Waals surface area contributed by atoms with E-state index < -0.39 is 6.04 Å². The van der Waals surface area contributed by atoms with E-state index in [9.17, 15) is 9.59 Å². The molecule has 0 saturated heterocycles. The van der Waals surface area contributed by atoms with Crippen LogP contribution in [0.1, 0.15) is 57.2 Å². The topological polar surface area (TPSA) is 58.6 Å². The number of nitrogens with one attached hydrogen (secondary N) is 1. The van der Waals surface area contributed by atoms with Crippen LogP contribution in [0, 0.1) is 5.92 Å².